The molecular formula is C9H19NO. The summed E-state index contributed by atoms with van der Waals surface area (Å²) in [6, 6.07) is 0.867. The molecule has 2 heteroatoms. The molecule has 1 aliphatic heterocycles. The molecule has 1 saturated heterocycles. The Morgan fingerprint density at radius 3 is 2.73 bits per heavy atom. The van der Waals surface area contributed by atoms with Gasteiger partial charge in [0.15, 0.2) is 0 Å². The highest BCUT2D eigenvalue weighted by atomic mass is 16.5. The fraction of sp³-hybridized carbons (Fsp3) is 1.00. The highest BCUT2D eigenvalue weighted by molar-refractivity contribution is 4.90. The number of hydrogen-bond donors (Lipinski definition) is 0. The van der Waals surface area contributed by atoms with Crippen molar-refractivity contribution in [1.29, 1.82) is 0 Å². The van der Waals surface area contributed by atoms with Gasteiger partial charge in [0.1, 0.15) is 0 Å². The second-order valence-corrected chi connectivity index (χ2v) is 3.65. The van der Waals surface area contributed by atoms with Crippen molar-refractivity contribution in [2.24, 2.45) is 5.92 Å². The van der Waals surface area contributed by atoms with Crippen molar-refractivity contribution < 1.29 is 4.74 Å². The van der Waals surface area contributed by atoms with E-state index in [9.17, 15) is 0 Å². The van der Waals surface area contributed by atoms with E-state index in [1.165, 1.54) is 19.5 Å². The summed E-state index contributed by atoms with van der Waals surface area (Å²) >= 11 is 0. The van der Waals surface area contributed by atoms with E-state index in [2.05, 4.69) is 18.7 Å². The molecule has 0 radical (unpaired) electrons. The number of nitrogens with zero attached hydrogens (tertiary/aromatic N) is 1. The van der Waals surface area contributed by atoms with Crippen molar-refractivity contribution in [1.82, 2.24) is 4.90 Å². The van der Waals surface area contributed by atoms with Gasteiger partial charge in [-0.3, -0.25) is 4.90 Å². The largest absolute Gasteiger partial charge is 0.385 e. The van der Waals surface area contributed by atoms with Gasteiger partial charge in [0.2, 0.25) is 0 Å². The van der Waals surface area contributed by atoms with E-state index in [1.54, 1.807) is 7.11 Å². The summed E-state index contributed by atoms with van der Waals surface area (Å²) in [4.78, 5) is 2.52. The third-order valence-corrected chi connectivity index (χ3v) is 2.32. The SMILES string of the molecule is COCCCN1C[C@H]1C(C)C. The summed E-state index contributed by atoms with van der Waals surface area (Å²) in [5.41, 5.74) is 0. The first-order valence-electron chi connectivity index (χ1n) is 4.48. The molecule has 0 saturated carbocycles. The highest BCUT2D eigenvalue weighted by Gasteiger charge is 2.35. The number of rotatable bonds is 5. The Morgan fingerprint density at radius 1 is 1.55 bits per heavy atom. The fourth-order valence-corrected chi connectivity index (χ4v) is 1.49. The minimum atomic E-state index is 0.831. The number of methoxy groups -OCH3 is 1. The van der Waals surface area contributed by atoms with Crippen molar-refractivity contribution in [3.05, 3.63) is 0 Å². The predicted molar refractivity (Wildman–Crippen MR) is 46.7 cm³/mol. The molecule has 0 aromatic carbocycles. The molecule has 1 unspecified atom stereocenters. The standard InChI is InChI=1S/C9H19NO/c1-8(2)9-7-10(9)5-4-6-11-3/h8-9H,4-7H2,1-3H3/t9-,10?/m0/s1. The second kappa shape index (κ2) is 4.07. The van der Waals surface area contributed by atoms with E-state index >= 15 is 0 Å². The lowest BCUT2D eigenvalue weighted by molar-refractivity contribution is 0.188. The lowest BCUT2D eigenvalue weighted by Crippen LogP contribution is -2.10. The van der Waals surface area contributed by atoms with Crippen LogP contribution in [0.15, 0.2) is 0 Å². The molecular weight excluding hydrogens is 138 g/mol. The van der Waals surface area contributed by atoms with Crippen LogP contribution in [0.25, 0.3) is 0 Å². The van der Waals surface area contributed by atoms with Crippen LogP contribution in [-0.2, 0) is 4.74 Å². The lowest BCUT2D eigenvalue weighted by atomic mass is 10.1. The van der Waals surface area contributed by atoms with E-state index in [-0.39, 0.29) is 0 Å². The average molecular weight is 157 g/mol. The Hall–Kier alpha value is -0.0800. The lowest BCUT2D eigenvalue weighted by Gasteiger charge is -2.04. The van der Waals surface area contributed by atoms with Crippen molar-refractivity contribution >= 4 is 0 Å². The number of hydrogen-bond acceptors (Lipinski definition) is 2. The summed E-state index contributed by atoms with van der Waals surface area (Å²) in [5, 5.41) is 0. The molecule has 1 fully saturated rings. The summed E-state index contributed by atoms with van der Waals surface area (Å²) in [5.74, 6) is 0.831. The minimum Gasteiger partial charge on any atom is -0.385 e. The summed E-state index contributed by atoms with van der Waals surface area (Å²) in [6.45, 7) is 8.02. The Balaban J connectivity index is 1.96. The van der Waals surface area contributed by atoms with E-state index in [4.69, 9.17) is 4.74 Å². The van der Waals surface area contributed by atoms with Crippen LogP contribution < -0.4 is 0 Å². The maximum Gasteiger partial charge on any atom is 0.0474 e. The zero-order valence-corrected chi connectivity index (χ0v) is 7.84. The zero-order chi connectivity index (χ0) is 8.27. The second-order valence-electron chi connectivity index (χ2n) is 3.65. The average Bonchev–Trinajstić information content (AvgIpc) is 2.68. The number of ether oxygens (including phenoxy) is 1. The first-order valence-corrected chi connectivity index (χ1v) is 4.48. The molecule has 11 heavy (non-hydrogen) atoms. The van der Waals surface area contributed by atoms with Gasteiger partial charge in [0, 0.05) is 32.8 Å². The zero-order valence-electron chi connectivity index (χ0n) is 7.84. The molecule has 0 aromatic heterocycles. The van der Waals surface area contributed by atoms with Gasteiger partial charge in [-0.25, -0.2) is 0 Å². The Kier molecular flexibility index (Phi) is 3.34. The third-order valence-electron chi connectivity index (χ3n) is 2.32. The highest BCUT2D eigenvalue weighted by Crippen LogP contribution is 2.24. The van der Waals surface area contributed by atoms with Crippen molar-refractivity contribution in [3.8, 4) is 0 Å². The topological polar surface area (TPSA) is 12.2 Å². The van der Waals surface area contributed by atoms with Crippen LogP contribution in [0.5, 0.6) is 0 Å². The van der Waals surface area contributed by atoms with Crippen LogP contribution in [-0.4, -0.2) is 37.7 Å². The van der Waals surface area contributed by atoms with Gasteiger partial charge in [-0.1, -0.05) is 13.8 Å². The van der Waals surface area contributed by atoms with Crippen LogP contribution in [0.4, 0.5) is 0 Å². The molecule has 1 rings (SSSR count). The predicted octanol–water partition coefficient (Wildman–Crippen LogP) is 1.36. The molecule has 2 atom stereocenters. The Morgan fingerprint density at radius 2 is 2.27 bits per heavy atom. The van der Waals surface area contributed by atoms with Gasteiger partial charge in [0.25, 0.3) is 0 Å². The summed E-state index contributed by atoms with van der Waals surface area (Å²) in [7, 11) is 1.77. The van der Waals surface area contributed by atoms with Gasteiger partial charge < -0.3 is 4.74 Å². The normalized spacial score (nSPS) is 29.5. The van der Waals surface area contributed by atoms with Crippen LogP contribution in [0, 0.1) is 5.92 Å². The molecule has 0 aliphatic carbocycles. The van der Waals surface area contributed by atoms with Crippen LogP contribution in [0.1, 0.15) is 20.3 Å². The molecule has 0 aromatic rings. The van der Waals surface area contributed by atoms with Gasteiger partial charge in [0.05, 0.1) is 0 Å². The molecule has 66 valence electrons. The molecule has 0 bridgehead atoms. The van der Waals surface area contributed by atoms with Gasteiger partial charge in [-0.05, 0) is 12.3 Å². The first-order chi connectivity index (χ1) is 5.25. The monoisotopic (exact) mass is 157 g/mol. The fourth-order valence-electron chi connectivity index (χ4n) is 1.49. The van der Waals surface area contributed by atoms with E-state index in [0.29, 0.717) is 0 Å². The molecule has 0 spiro atoms. The van der Waals surface area contributed by atoms with Gasteiger partial charge in [-0.15, -0.1) is 0 Å². The van der Waals surface area contributed by atoms with Crippen LogP contribution in [0.2, 0.25) is 0 Å². The quantitative estimate of drug-likeness (QED) is 0.441. The minimum absolute atomic E-state index is 0.831. The summed E-state index contributed by atoms with van der Waals surface area (Å²) in [6.07, 6.45) is 1.18. The summed E-state index contributed by atoms with van der Waals surface area (Å²) < 4.78 is 4.99. The van der Waals surface area contributed by atoms with Crippen LogP contribution >= 0.6 is 0 Å². The molecule has 1 heterocycles. The van der Waals surface area contributed by atoms with Gasteiger partial charge >= 0.3 is 0 Å². The Labute approximate surface area is 69.5 Å². The third kappa shape index (κ3) is 2.80. The maximum absolute atomic E-state index is 4.99. The van der Waals surface area contributed by atoms with Gasteiger partial charge in [-0.2, -0.15) is 0 Å². The van der Waals surface area contributed by atoms with E-state index < -0.39 is 0 Å². The first kappa shape index (κ1) is 9.01. The van der Waals surface area contributed by atoms with Crippen molar-refractivity contribution in [3.63, 3.8) is 0 Å². The molecule has 1 aliphatic rings. The Bertz CT molecular complexity index is 114. The van der Waals surface area contributed by atoms with Crippen LogP contribution in [0.3, 0.4) is 0 Å². The van der Waals surface area contributed by atoms with Crippen molar-refractivity contribution in [2.45, 2.75) is 26.3 Å². The van der Waals surface area contributed by atoms with E-state index in [0.717, 1.165) is 18.6 Å². The smallest absolute Gasteiger partial charge is 0.0474 e. The van der Waals surface area contributed by atoms with E-state index in [1.807, 2.05) is 0 Å². The molecule has 0 amide bonds. The molecule has 0 N–H and O–H groups in total. The maximum atomic E-state index is 4.99. The van der Waals surface area contributed by atoms with Crippen molar-refractivity contribution in [2.75, 3.05) is 26.8 Å². The molecule has 2 nitrogen and oxygen atoms in total.